The largest absolute Gasteiger partial charge is 0.455 e. The molecule has 11 heteroatoms. The van der Waals surface area contributed by atoms with Crippen LogP contribution in [0.4, 0.5) is 11.4 Å². The summed E-state index contributed by atoms with van der Waals surface area (Å²) in [4.78, 5) is 63.2. The number of nitrogens with zero attached hydrogens (tertiary/aromatic N) is 3. The first-order chi connectivity index (χ1) is 26.2. The number of esters is 1. The molecule has 1 spiro atoms. The fraction of sp³-hybridized carbons (Fsp3) is 0.395. The van der Waals surface area contributed by atoms with Gasteiger partial charge in [-0.2, -0.15) is 0 Å². The van der Waals surface area contributed by atoms with Crippen LogP contribution in [0.5, 0.6) is 0 Å². The lowest BCUT2D eigenvalue weighted by atomic mass is 9.77. The number of amides is 3. The summed E-state index contributed by atoms with van der Waals surface area (Å²) in [6.45, 7) is 7.37. The number of aliphatic hydroxyl groups excluding tert-OH is 1. The van der Waals surface area contributed by atoms with E-state index in [1.165, 1.54) is 4.90 Å². The van der Waals surface area contributed by atoms with Gasteiger partial charge in [-0.3, -0.25) is 19.2 Å². The SMILES string of the molecule is CCN(CC)c1ccc(N2CC=C[C@@]34O[C@H]5/C=C\CCC(=O)N[C@@H](C)[C@H](c6ccccc6)OC(=O)[C@H]5[C@@H]3C(=O)N([C@H](CO)c3ccccc3)[C@H]4C2=O)cc1. The number of hydrogen-bond donors (Lipinski definition) is 2. The van der Waals surface area contributed by atoms with E-state index in [1.54, 1.807) is 30.1 Å². The van der Waals surface area contributed by atoms with Crippen LogP contribution in [0.3, 0.4) is 0 Å². The number of benzene rings is 3. The van der Waals surface area contributed by atoms with Crippen LogP contribution in [0.25, 0.3) is 0 Å². The molecular formula is C43H48N4O7. The van der Waals surface area contributed by atoms with Crippen molar-refractivity contribution >= 4 is 35.1 Å². The fourth-order valence-corrected chi connectivity index (χ4v) is 8.67. The van der Waals surface area contributed by atoms with Gasteiger partial charge in [-0.1, -0.05) is 85.0 Å². The molecule has 0 unspecified atom stereocenters. The molecule has 7 rings (SSSR count). The molecule has 2 fully saturated rings. The van der Waals surface area contributed by atoms with Crippen LogP contribution in [0.2, 0.25) is 0 Å². The van der Waals surface area contributed by atoms with Gasteiger partial charge in [0.25, 0.3) is 5.91 Å². The summed E-state index contributed by atoms with van der Waals surface area (Å²) in [7, 11) is 0. The lowest BCUT2D eigenvalue weighted by Gasteiger charge is -2.38. The minimum atomic E-state index is -1.58. The second-order valence-electron chi connectivity index (χ2n) is 14.3. The molecule has 3 amide bonds. The molecule has 4 heterocycles. The van der Waals surface area contributed by atoms with Crippen molar-refractivity contribution in [3.05, 3.63) is 120 Å². The molecule has 0 saturated carbocycles. The highest BCUT2D eigenvalue weighted by atomic mass is 16.6. The number of allylic oxidation sites excluding steroid dienone is 1. The van der Waals surface area contributed by atoms with E-state index in [-0.39, 0.29) is 24.8 Å². The molecule has 0 bridgehead atoms. The minimum absolute atomic E-state index is 0.187. The highest BCUT2D eigenvalue weighted by molar-refractivity contribution is 6.05. The van der Waals surface area contributed by atoms with Gasteiger partial charge >= 0.3 is 5.97 Å². The van der Waals surface area contributed by atoms with Gasteiger partial charge in [-0.05, 0) is 62.6 Å². The number of fused-ring (bicyclic) bond motifs is 2. The van der Waals surface area contributed by atoms with Gasteiger partial charge in [0.05, 0.1) is 30.7 Å². The van der Waals surface area contributed by atoms with Gasteiger partial charge in [-0.25, -0.2) is 0 Å². The Morgan fingerprint density at radius 1 is 0.907 bits per heavy atom. The number of nitrogens with one attached hydrogen (secondary N) is 1. The highest BCUT2D eigenvalue weighted by Gasteiger charge is 2.72. The summed E-state index contributed by atoms with van der Waals surface area (Å²) in [5.41, 5.74) is 1.43. The maximum Gasteiger partial charge on any atom is 0.313 e. The Bertz CT molecular complexity index is 1900. The molecule has 0 radical (unpaired) electrons. The van der Waals surface area contributed by atoms with Crippen LogP contribution in [-0.4, -0.2) is 83.7 Å². The molecule has 3 aromatic carbocycles. The van der Waals surface area contributed by atoms with Crippen molar-refractivity contribution in [2.45, 2.75) is 69.5 Å². The number of aliphatic hydroxyl groups is 1. The van der Waals surface area contributed by atoms with E-state index >= 15 is 9.59 Å². The summed E-state index contributed by atoms with van der Waals surface area (Å²) in [5, 5.41) is 13.9. The van der Waals surface area contributed by atoms with Crippen molar-refractivity contribution in [1.29, 1.82) is 0 Å². The van der Waals surface area contributed by atoms with Crippen LogP contribution < -0.4 is 15.1 Å². The van der Waals surface area contributed by atoms with Crippen molar-refractivity contribution in [3.8, 4) is 0 Å². The van der Waals surface area contributed by atoms with Crippen LogP contribution in [0, 0.1) is 11.8 Å². The van der Waals surface area contributed by atoms with E-state index in [2.05, 4.69) is 24.1 Å². The molecule has 4 aliphatic rings. The first kappa shape index (κ1) is 37.1. The third kappa shape index (κ3) is 6.60. The summed E-state index contributed by atoms with van der Waals surface area (Å²) in [5.74, 6) is -4.03. The van der Waals surface area contributed by atoms with Gasteiger partial charge in [0.2, 0.25) is 11.8 Å². The molecule has 2 saturated heterocycles. The van der Waals surface area contributed by atoms with Gasteiger partial charge in [-0.15, -0.1) is 0 Å². The van der Waals surface area contributed by atoms with Crippen LogP contribution in [0.15, 0.2) is 109 Å². The van der Waals surface area contributed by atoms with Crippen LogP contribution >= 0.6 is 0 Å². The average molecular weight is 733 g/mol. The monoisotopic (exact) mass is 732 g/mol. The molecule has 54 heavy (non-hydrogen) atoms. The second-order valence-corrected chi connectivity index (χ2v) is 14.3. The Morgan fingerprint density at radius 3 is 2.26 bits per heavy atom. The zero-order valence-electron chi connectivity index (χ0n) is 30.9. The quantitative estimate of drug-likeness (QED) is 0.248. The molecule has 4 aliphatic heterocycles. The Hall–Kier alpha value is -5.26. The Morgan fingerprint density at radius 2 is 1.59 bits per heavy atom. The highest BCUT2D eigenvalue weighted by Crippen LogP contribution is 2.55. The van der Waals surface area contributed by atoms with E-state index in [1.807, 2.05) is 91.0 Å². The van der Waals surface area contributed by atoms with E-state index < -0.39 is 66.3 Å². The van der Waals surface area contributed by atoms with Gasteiger partial charge < -0.3 is 34.6 Å². The van der Waals surface area contributed by atoms with Crippen molar-refractivity contribution < 1.29 is 33.8 Å². The van der Waals surface area contributed by atoms with Crippen LogP contribution in [0.1, 0.15) is 56.9 Å². The molecule has 2 N–H and O–H groups in total. The average Bonchev–Trinajstić information content (AvgIpc) is 3.58. The summed E-state index contributed by atoms with van der Waals surface area (Å²) >= 11 is 0. The zero-order chi connectivity index (χ0) is 38.0. The summed E-state index contributed by atoms with van der Waals surface area (Å²) < 4.78 is 13.2. The molecule has 0 aromatic heterocycles. The first-order valence-electron chi connectivity index (χ1n) is 18.9. The maximum atomic E-state index is 15.2. The predicted molar refractivity (Wildman–Crippen MR) is 204 cm³/mol. The lowest BCUT2D eigenvalue weighted by molar-refractivity contribution is -0.161. The van der Waals surface area contributed by atoms with Gasteiger partial charge in [0.15, 0.2) is 0 Å². The Labute approximate surface area is 316 Å². The normalized spacial score (nSPS) is 29.5. The first-order valence-corrected chi connectivity index (χ1v) is 18.9. The summed E-state index contributed by atoms with van der Waals surface area (Å²) in [6, 6.07) is 23.3. The number of rotatable bonds is 8. The molecule has 11 nitrogen and oxygen atoms in total. The van der Waals surface area contributed by atoms with E-state index in [0.29, 0.717) is 23.2 Å². The number of hydrogen-bond acceptors (Lipinski definition) is 8. The molecule has 0 aliphatic carbocycles. The molecular weight excluding hydrogens is 684 g/mol. The Balaban J connectivity index is 1.34. The maximum absolute atomic E-state index is 15.2. The third-order valence-corrected chi connectivity index (χ3v) is 11.3. The molecule has 3 aromatic rings. The van der Waals surface area contributed by atoms with Crippen LogP contribution in [-0.2, 0) is 28.7 Å². The number of likely N-dealkylation sites (tertiary alicyclic amines) is 1. The number of carbonyl (C=O) groups excluding carboxylic acids is 4. The topological polar surface area (TPSA) is 129 Å². The van der Waals surface area contributed by atoms with Crippen molar-refractivity contribution in [2.75, 3.05) is 36.0 Å². The fourth-order valence-electron chi connectivity index (χ4n) is 8.67. The Kier molecular flexibility index (Phi) is 10.7. The number of cyclic esters (lactones) is 1. The summed E-state index contributed by atoms with van der Waals surface area (Å²) in [6.07, 6.45) is 5.89. The third-order valence-electron chi connectivity index (χ3n) is 11.3. The molecule has 8 atom stereocenters. The predicted octanol–water partition coefficient (Wildman–Crippen LogP) is 4.89. The number of anilines is 2. The van der Waals surface area contributed by atoms with E-state index in [9.17, 15) is 14.7 Å². The number of carbonyl (C=O) groups is 4. The minimum Gasteiger partial charge on any atom is -0.455 e. The van der Waals surface area contributed by atoms with Crippen molar-refractivity contribution in [1.82, 2.24) is 10.2 Å². The van der Waals surface area contributed by atoms with Gasteiger partial charge in [0, 0.05) is 37.4 Å². The standard InChI is InChI=1S/C43H48N4O7/c1-4-45(5-2)31-21-23-32(24-22-31)46-26-14-25-43-37(40(50)47(39(43)41(46)51)33(27-48)29-15-8-6-9-16-29)36-34(54-43)19-12-13-20-35(49)44-28(3)38(53-42(36)52)30-17-10-7-11-18-30/h6-12,14-19,21-25,28,33-34,36-39,48H,4-5,13,20,26-27H2,1-3H3,(H,44,49)/b19-12-/t28-,33+,34-,36+,37+,38+,39-,43+/m0/s1. The van der Waals surface area contributed by atoms with E-state index in [4.69, 9.17) is 9.47 Å². The van der Waals surface area contributed by atoms with Gasteiger partial charge in [0.1, 0.15) is 23.7 Å². The van der Waals surface area contributed by atoms with Crippen molar-refractivity contribution in [2.24, 2.45) is 11.8 Å². The number of ether oxygens (including phenoxy) is 2. The smallest absolute Gasteiger partial charge is 0.313 e. The van der Waals surface area contributed by atoms with Crippen molar-refractivity contribution in [3.63, 3.8) is 0 Å². The lowest BCUT2D eigenvalue weighted by Crippen LogP contribution is -2.56. The van der Waals surface area contributed by atoms with E-state index in [0.717, 1.165) is 18.8 Å². The molecule has 282 valence electrons. The zero-order valence-corrected chi connectivity index (χ0v) is 30.9. The second kappa shape index (κ2) is 15.6.